The van der Waals surface area contributed by atoms with Crippen LogP contribution in [-0.2, 0) is 0 Å². The molecular formula is C15H13Br3O. The minimum Gasteiger partial charge on any atom is -0.496 e. The maximum atomic E-state index is 5.25. The summed E-state index contributed by atoms with van der Waals surface area (Å²) in [6, 6.07) is 12.5. The highest BCUT2D eigenvalue weighted by molar-refractivity contribution is 9.11. The third-order valence-corrected chi connectivity index (χ3v) is 5.51. The molecule has 0 saturated carbocycles. The molecular weight excluding hydrogens is 436 g/mol. The van der Waals surface area contributed by atoms with E-state index in [1.165, 1.54) is 16.7 Å². The van der Waals surface area contributed by atoms with Gasteiger partial charge in [0.2, 0.25) is 0 Å². The van der Waals surface area contributed by atoms with E-state index < -0.39 is 0 Å². The number of ether oxygens (including phenoxy) is 1. The van der Waals surface area contributed by atoms with E-state index in [9.17, 15) is 0 Å². The molecule has 0 spiro atoms. The number of hydrogen-bond donors (Lipinski definition) is 0. The van der Waals surface area contributed by atoms with Crippen molar-refractivity contribution in [3.05, 3.63) is 62.0 Å². The van der Waals surface area contributed by atoms with Gasteiger partial charge in [-0.25, -0.2) is 0 Å². The maximum Gasteiger partial charge on any atom is 0.133 e. The standard InChI is InChI=1S/C15H13Br3O/c1-9-7-10(3-5-12(9)16)15(18)11-4-6-14(19-2)13(17)8-11/h3-8,15H,1-2H3. The molecule has 19 heavy (non-hydrogen) atoms. The molecule has 1 atom stereocenters. The average molecular weight is 449 g/mol. The van der Waals surface area contributed by atoms with Crippen molar-refractivity contribution in [2.45, 2.75) is 11.8 Å². The van der Waals surface area contributed by atoms with Crippen molar-refractivity contribution in [1.29, 1.82) is 0 Å². The number of halogens is 3. The second-order valence-electron chi connectivity index (χ2n) is 4.27. The van der Waals surface area contributed by atoms with Crippen LogP contribution in [-0.4, -0.2) is 7.11 Å². The van der Waals surface area contributed by atoms with E-state index in [0.717, 1.165) is 14.7 Å². The predicted molar refractivity (Wildman–Crippen MR) is 90.3 cm³/mol. The van der Waals surface area contributed by atoms with Crippen LogP contribution in [0.15, 0.2) is 45.3 Å². The van der Waals surface area contributed by atoms with Crippen LogP contribution in [0.3, 0.4) is 0 Å². The highest BCUT2D eigenvalue weighted by Crippen LogP contribution is 2.36. The zero-order chi connectivity index (χ0) is 14.0. The van der Waals surface area contributed by atoms with Crippen molar-refractivity contribution >= 4 is 47.8 Å². The highest BCUT2D eigenvalue weighted by Gasteiger charge is 2.13. The Morgan fingerprint density at radius 3 is 2.16 bits per heavy atom. The van der Waals surface area contributed by atoms with E-state index in [0.29, 0.717) is 0 Å². The van der Waals surface area contributed by atoms with Gasteiger partial charge in [-0.05, 0) is 57.7 Å². The molecule has 0 N–H and O–H groups in total. The zero-order valence-corrected chi connectivity index (χ0v) is 15.3. The van der Waals surface area contributed by atoms with Crippen LogP contribution in [0, 0.1) is 6.92 Å². The topological polar surface area (TPSA) is 9.23 Å². The normalized spacial score (nSPS) is 12.3. The van der Waals surface area contributed by atoms with E-state index in [4.69, 9.17) is 4.74 Å². The van der Waals surface area contributed by atoms with E-state index in [-0.39, 0.29) is 4.83 Å². The van der Waals surface area contributed by atoms with Gasteiger partial charge in [-0.2, -0.15) is 0 Å². The molecule has 1 unspecified atom stereocenters. The summed E-state index contributed by atoms with van der Waals surface area (Å²) < 4.78 is 7.35. The lowest BCUT2D eigenvalue weighted by molar-refractivity contribution is 0.412. The smallest absolute Gasteiger partial charge is 0.133 e. The molecule has 4 heteroatoms. The van der Waals surface area contributed by atoms with Gasteiger partial charge in [0.25, 0.3) is 0 Å². The molecule has 0 heterocycles. The van der Waals surface area contributed by atoms with Gasteiger partial charge in [0.1, 0.15) is 5.75 Å². The molecule has 2 aromatic carbocycles. The highest BCUT2D eigenvalue weighted by atomic mass is 79.9. The van der Waals surface area contributed by atoms with Gasteiger partial charge in [0, 0.05) is 4.47 Å². The van der Waals surface area contributed by atoms with Gasteiger partial charge in [0.05, 0.1) is 16.4 Å². The van der Waals surface area contributed by atoms with Crippen molar-refractivity contribution < 1.29 is 4.74 Å². The SMILES string of the molecule is COc1ccc(C(Br)c2ccc(Br)c(C)c2)cc1Br. The van der Waals surface area contributed by atoms with Crippen LogP contribution in [0.2, 0.25) is 0 Å². The average Bonchev–Trinajstić information content (AvgIpc) is 2.41. The lowest BCUT2D eigenvalue weighted by atomic mass is 10.0. The third-order valence-electron chi connectivity index (χ3n) is 2.94. The van der Waals surface area contributed by atoms with Crippen LogP contribution in [0.5, 0.6) is 5.75 Å². The fraction of sp³-hybridized carbons (Fsp3) is 0.200. The first-order valence-electron chi connectivity index (χ1n) is 5.76. The Labute approximate surface area is 138 Å². The molecule has 100 valence electrons. The maximum absolute atomic E-state index is 5.25. The molecule has 0 amide bonds. The van der Waals surface area contributed by atoms with Gasteiger partial charge in [-0.15, -0.1) is 0 Å². The molecule has 1 nitrogen and oxygen atoms in total. The van der Waals surface area contributed by atoms with Gasteiger partial charge in [0.15, 0.2) is 0 Å². The van der Waals surface area contributed by atoms with Gasteiger partial charge in [-0.1, -0.05) is 50.1 Å². The zero-order valence-electron chi connectivity index (χ0n) is 10.6. The molecule has 0 saturated heterocycles. The fourth-order valence-corrected chi connectivity index (χ4v) is 3.23. The van der Waals surface area contributed by atoms with Crippen molar-refractivity contribution in [2.75, 3.05) is 7.11 Å². The second kappa shape index (κ2) is 6.42. The number of aryl methyl sites for hydroxylation is 1. The molecule has 0 aliphatic rings. The summed E-state index contributed by atoms with van der Waals surface area (Å²) in [6.07, 6.45) is 0. The Morgan fingerprint density at radius 2 is 1.58 bits per heavy atom. The molecule has 0 aliphatic carbocycles. The minimum absolute atomic E-state index is 0.168. The molecule has 2 rings (SSSR count). The lowest BCUT2D eigenvalue weighted by Crippen LogP contribution is -1.95. The van der Waals surface area contributed by atoms with E-state index in [1.807, 2.05) is 6.07 Å². The number of alkyl halides is 1. The summed E-state index contributed by atoms with van der Waals surface area (Å²) in [4.78, 5) is 0.168. The van der Waals surface area contributed by atoms with Gasteiger partial charge >= 0.3 is 0 Å². The Hall–Kier alpha value is -0.320. The Morgan fingerprint density at radius 1 is 0.947 bits per heavy atom. The summed E-state index contributed by atoms with van der Waals surface area (Å²) >= 11 is 10.8. The van der Waals surface area contributed by atoms with Gasteiger partial charge < -0.3 is 4.74 Å². The number of hydrogen-bond acceptors (Lipinski definition) is 1. The monoisotopic (exact) mass is 446 g/mol. The molecule has 0 aliphatic heterocycles. The summed E-state index contributed by atoms with van der Waals surface area (Å²) in [6.45, 7) is 2.09. The molecule has 0 radical (unpaired) electrons. The molecule has 2 aromatic rings. The van der Waals surface area contributed by atoms with Crippen molar-refractivity contribution in [3.8, 4) is 5.75 Å². The van der Waals surface area contributed by atoms with Crippen LogP contribution in [0.4, 0.5) is 0 Å². The summed E-state index contributed by atoms with van der Waals surface area (Å²) in [5, 5.41) is 0. The second-order valence-corrected chi connectivity index (χ2v) is 6.89. The molecule has 0 aromatic heterocycles. The third kappa shape index (κ3) is 3.41. The first-order chi connectivity index (χ1) is 9.02. The first-order valence-corrected chi connectivity index (χ1v) is 8.26. The number of rotatable bonds is 3. The Kier molecular flexibility index (Phi) is 5.09. The largest absolute Gasteiger partial charge is 0.496 e. The fourth-order valence-electron chi connectivity index (χ4n) is 1.86. The van der Waals surface area contributed by atoms with Crippen LogP contribution >= 0.6 is 47.8 Å². The van der Waals surface area contributed by atoms with Crippen molar-refractivity contribution in [3.63, 3.8) is 0 Å². The van der Waals surface area contributed by atoms with Crippen molar-refractivity contribution in [2.24, 2.45) is 0 Å². The van der Waals surface area contributed by atoms with E-state index in [1.54, 1.807) is 7.11 Å². The lowest BCUT2D eigenvalue weighted by Gasteiger charge is -2.14. The number of benzene rings is 2. The Bertz CT molecular complexity index is 596. The minimum atomic E-state index is 0.168. The van der Waals surface area contributed by atoms with Crippen LogP contribution < -0.4 is 4.74 Å². The van der Waals surface area contributed by atoms with Crippen LogP contribution in [0.1, 0.15) is 21.5 Å². The quantitative estimate of drug-likeness (QED) is 0.522. The van der Waals surface area contributed by atoms with Gasteiger partial charge in [-0.3, -0.25) is 0 Å². The summed E-state index contributed by atoms with van der Waals surface area (Å²) in [5.41, 5.74) is 3.65. The van der Waals surface area contributed by atoms with E-state index in [2.05, 4.69) is 85.0 Å². The first kappa shape index (κ1) is 15.1. The number of methoxy groups -OCH3 is 1. The van der Waals surface area contributed by atoms with E-state index >= 15 is 0 Å². The molecule has 0 fully saturated rings. The summed E-state index contributed by atoms with van der Waals surface area (Å²) in [5.74, 6) is 0.843. The molecule has 0 bridgehead atoms. The van der Waals surface area contributed by atoms with Crippen molar-refractivity contribution in [1.82, 2.24) is 0 Å². The van der Waals surface area contributed by atoms with Crippen LogP contribution in [0.25, 0.3) is 0 Å². The Balaban J connectivity index is 2.35. The summed E-state index contributed by atoms with van der Waals surface area (Å²) in [7, 11) is 1.67. The predicted octanol–water partition coefficient (Wildman–Crippen LogP) is 6.01.